The maximum absolute atomic E-state index is 11.5. The number of rotatable bonds is 4. The van der Waals surface area contributed by atoms with Crippen LogP contribution in [0.1, 0.15) is 58.3 Å². The van der Waals surface area contributed by atoms with Crippen molar-refractivity contribution in [1.29, 1.82) is 0 Å². The summed E-state index contributed by atoms with van der Waals surface area (Å²) < 4.78 is 0. The van der Waals surface area contributed by atoms with Crippen molar-refractivity contribution in [2.45, 2.75) is 58.3 Å². The van der Waals surface area contributed by atoms with E-state index in [0.717, 1.165) is 44.8 Å². The highest BCUT2D eigenvalue weighted by Crippen LogP contribution is 2.35. The fourth-order valence-electron chi connectivity index (χ4n) is 3.73. The molecule has 1 aliphatic carbocycles. The van der Waals surface area contributed by atoms with E-state index in [0.29, 0.717) is 0 Å². The minimum Gasteiger partial charge on any atom is -0.481 e. The van der Waals surface area contributed by atoms with Crippen LogP contribution in [0.2, 0.25) is 0 Å². The van der Waals surface area contributed by atoms with Crippen LogP contribution in [0.3, 0.4) is 0 Å². The Bertz CT molecular complexity index is 286. The van der Waals surface area contributed by atoms with Crippen molar-refractivity contribution in [2.75, 3.05) is 19.6 Å². The smallest absolute Gasteiger partial charge is 0.310 e. The van der Waals surface area contributed by atoms with Gasteiger partial charge in [-0.1, -0.05) is 26.2 Å². The van der Waals surface area contributed by atoms with Gasteiger partial charge >= 0.3 is 5.97 Å². The molecule has 3 nitrogen and oxygen atoms in total. The minimum absolute atomic E-state index is 0.465. The molecule has 1 heterocycles. The lowest BCUT2D eigenvalue weighted by atomic mass is 9.77. The van der Waals surface area contributed by atoms with Crippen molar-refractivity contribution in [2.24, 2.45) is 11.3 Å². The van der Waals surface area contributed by atoms with Gasteiger partial charge in [0, 0.05) is 13.1 Å². The second kappa shape index (κ2) is 6.05. The first-order chi connectivity index (χ1) is 8.66. The van der Waals surface area contributed by atoms with Crippen LogP contribution in [0.25, 0.3) is 0 Å². The molecule has 3 heteroatoms. The molecule has 1 unspecified atom stereocenters. The topological polar surface area (TPSA) is 40.5 Å². The molecule has 1 aliphatic heterocycles. The third kappa shape index (κ3) is 3.05. The van der Waals surface area contributed by atoms with Crippen molar-refractivity contribution >= 4 is 5.97 Å². The largest absolute Gasteiger partial charge is 0.481 e. The summed E-state index contributed by atoms with van der Waals surface area (Å²) in [4.78, 5) is 13.9. The number of hydrogen-bond acceptors (Lipinski definition) is 2. The van der Waals surface area contributed by atoms with E-state index in [4.69, 9.17) is 0 Å². The molecule has 2 rings (SSSR count). The number of piperidine rings is 1. The second-order valence-electron chi connectivity index (χ2n) is 6.28. The van der Waals surface area contributed by atoms with Crippen LogP contribution < -0.4 is 0 Å². The van der Waals surface area contributed by atoms with E-state index in [9.17, 15) is 9.90 Å². The number of likely N-dealkylation sites (tertiary alicyclic amines) is 1. The summed E-state index contributed by atoms with van der Waals surface area (Å²) in [5, 5.41) is 9.49. The summed E-state index contributed by atoms with van der Waals surface area (Å²) in [6.07, 6.45) is 9.51. The average Bonchev–Trinajstić information content (AvgIpc) is 2.40. The molecule has 0 aromatic rings. The maximum atomic E-state index is 11.5. The lowest BCUT2D eigenvalue weighted by Gasteiger charge is -2.41. The van der Waals surface area contributed by atoms with E-state index in [1.807, 2.05) is 6.92 Å². The predicted octanol–water partition coefficient (Wildman–Crippen LogP) is 3.14. The van der Waals surface area contributed by atoms with Crippen LogP contribution in [0, 0.1) is 11.3 Å². The van der Waals surface area contributed by atoms with Crippen molar-refractivity contribution < 1.29 is 9.90 Å². The van der Waals surface area contributed by atoms with Gasteiger partial charge in [-0.3, -0.25) is 4.79 Å². The Balaban J connectivity index is 1.91. The summed E-state index contributed by atoms with van der Waals surface area (Å²) in [6.45, 7) is 5.04. The fraction of sp³-hybridized carbons (Fsp3) is 0.933. The number of carboxylic acid groups (broad SMARTS) is 1. The van der Waals surface area contributed by atoms with Gasteiger partial charge in [0.25, 0.3) is 0 Å². The van der Waals surface area contributed by atoms with Gasteiger partial charge in [0.2, 0.25) is 0 Å². The Labute approximate surface area is 111 Å². The molecule has 0 amide bonds. The van der Waals surface area contributed by atoms with Gasteiger partial charge in [-0.15, -0.1) is 0 Å². The predicted molar refractivity (Wildman–Crippen MR) is 72.6 cm³/mol. The van der Waals surface area contributed by atoms with Crippen LogP contribution in [0.5, 0.6) is 0 Å². The SMILES string of the molecule is CCC1(C(=O)O)CCCN(CC2CCCCC2)C1. The third-order valence-electron chi connectivity index (χ3n) is 5.03. The molecule has 2 fully saturated rings. The molecule has 0 aromatic heterocycles. The van der Waals surface area contributed by atoms with Crippen molar-refractivity contribution in [3.63, 3.8) is 0 Å². The van der Waals surface area contributed by atoms with Gasteiger partial charge in [0.15, 0.2) is 0 Å². The molecule has 1 saturated carbocycles. The maximum Gasteiger partial charge on any atom is 0.310 e. The van der Waals surface area contributed by atoms with E-state index in [2.05, 4.69) is 4.90 Å². The van der Waals surface area contributed by atoms with Crippen LogP contribution in [-0.2, 0) is 4.79 Å². The summed E-state index contributed by atoms with van der Waals surface area (Å²) in [6, 6.07) is 0. The van der Waals surface area contributed by atoms with Crippen LogP contribution in [0.4, 0.5) is 0 Å². The van der Waals surface area contributed by atoms with Gasteiger partial charge < -0.3 is 10.0 Å². The zero-order valence-corrected chi connectivity index (χ0v) is 11.7. The summed E-state index contributed by atoms with van der Waals surface area (Å²) in [5.74, 6) is 0.235. The Morgan fingerprint density at radius 3 is 2.61 bits per heavy atom. The highest BCUT2D eigenvalue weighted by molar-refractivity contribution is 5.75. The first-order valence-electron chi connectivity index (χ1n) is 7.62. The van der Waals surface area contributed by atoms with E-state index in [1.165, 1.54) is 32.1 Å². The molecule has 0 spiro atoms. The van der Waals surface area contributed by atoms with Crippen molar-refractivity contribution in [1.82, 2.24) is 4.90 Å². The van der Waals surface area contributed by atoms with Crippen LogP contribution in [0.15, 0.2) is 0 Å². The molecule has 0 bridgehead atoms. The van der Waals surface area contributed by atoms with E-state index in [-0.39, 0.29) is 0 Å². The quantitative estimate of drug-likeness (QED) is 0.836. The van der Waals surface area contributed by atoms with E-state index < -0.39 is 11.4 Å². The van der Waals surface area contributed by atoms with E-state index >= 15 is 0 Å². The van der Waals surface area contributed by atoms with Crippen LogP contribution in [-0.4, -0.2) is 35.6 Å². The molecular weight excluding hydrogens is 226 g/mol. The van der Waals surface area contributed by atoms with Gasteiger partial charge in [-0.25, -0.2) is 0 Å². The van der Waals surface area contributed by atoms with Crippen molar-refractivity contribution in [3.8, 4) is 0 Å². The number of aliphatic carboxylic acids is 1. The Morgan fingerprint density at radius 2 is 2.00 bits per heavy atom. The highest BCUT2D eigenvalue weighted by Gasteiger charge is 2.40. The number of nitrogens with zero attached hydrogens (tertiary/aromatic N) is 1. The van der Waals surface area contributed by atoms with Gasteiger partial charge in [-0.2, -0.15) is 0 Å². The lowest BCUT2D eigenvalue weighted by Crippen LogP contribution is -2.48. The molecule has 104 valence electrons. The first-order valence-corrected chi connectivity index (χ1v) is 7.62. The number of carbonyl (C=O) groups is 1. The fourth-order valence-corrected chi connectivity index (χ4v) is 3.73. The zero-order valence-electron chi connectivity index (χ0n) is 11.7. The monoisotopic (exact) mass is 253 g/mol. The van der Waals surface area contributed by atoms with E-state index in [1.54, 1.807) is 0 Å². The van der Waals surface area contributed by atoms with Gasteiger partial charge in [0.05, 0.1) is 5.41 Å². The summed E-state index contributed by atoms with van der Waals surface area (Å²) >= 11 is 0. The number of carboxylic acids is 1. The Hall–Kier alpha value is -0.570. The molecule has 2 aliphatic rings. The molecule has 1 atom stereocenters. The Kier molecular flexibility index (Phi) is 4.66. The molecule has 1 N–H and O–H groups in total. The molecule has 0 aromatic carbocycles. The summed E-state index contributed by atoms with van der Waals surface area (Å²) in [5.41, 5.74) is -0.465. The zero-order chi connectivity index (χ0) is 13.0. The lowest BCUT2D eigenvalue weighted by molar-refractivity contribution is -0.153. The van der Waals surface area contributed by atoms with Crippen LogP contribution >= 0.6 is 0 Å². The molecular formula is C15H27NO2. The van der Waals surface area contributed by atoms with Gasteiger partial charge in [-0.05, 0) is 44.6 Å². The third-order valence-corrected chi connectivity index (χ3v) is 5.03. The first kappa shape index (κ1) is 13.9. The molecule has 18 heavy (non-hydrogen) atoms. The highest BCUT2D eigenvalue weighted by atomic mass is 16.4. The minimum atomic E-state index is -0.585. The standard InChI is InChI=1S/C15H27NO2/c1-2-15(14(17)18)9-6-10-16(12-15)11-13-7-4-3-5-8-13/h13H,2-12H2,1H3,(H,17,18). The van der Waals surface area contributed by atoms with Crippen molar-refractivity contribution in [3.05, 3.63) is 0 Å². The number of hydrogen-bond donors (Lipinski definition) is 1. The summed E-state index contributed by atoms with van der Waals surface area (Å²) in [7, 11) is 0. The molecule has 1 saturated heterocycles. The normalized spacial score (nSPS) is 31.4. The molecule has 0 radical (unpaired) electrons. The second-order valence-corrected chi connectivity index (χ2v) is 6.28. The Morgan fingerprint density at radius 1 is 1.28 bits per heavy atom. The van der Waals surface area contributed by atoms with Gasteiger partial charge in [0.1, 0.15) is 0 Å². The average molecular weight is 253 g/mol.